The van der Waals surface area contributed by atoms with E-state index in [2.05, 4.69) is 6.92 Å². The fourth-order valence-electron chi connectivity index (χ4n) is 3.87. The summed E-state index contributed by atoms with van der Waals surface area (Å²) in [6, 6.07) is 21.5. The minimum Gasteiger partial charge on any atom is -0.494 e. The molecule has 0 saturated carbocycles. The van der Waals surface area contributed by atoms with Crippen molar-refractivity contribution in [3.63, 3.8) is 0 Å². The minimum absolute atomic E-state index is 0.0994. The van der Waals surface area contributed by atoms with Crippen LogP contribution in [0.15, 0.2) is 78.9 Å². The van der Waals surface area contributed by atoms with E-state index >= 15 is 0 Å². The van der Waals surface area contributed by atoms with Crippen molar-refractivity contribution in [2.24, 2.45) is 0 Å². The standard InChI is InChI=1S/C31H29F3O3/c1-3-5-18-36-24-11-8-22(9-12-24)28-16-10-23(30(33)31(28)34)20-37-25-13-6-21(7-14-25)27-17-15-26(35-4-2)19-29(27)32/h6-17,19H,3-5,18,20H2,1-2H3. The molecule has 0 amide bonds. The van der Waals surface area contributed by atoms with Gasteiger partial charge in [0.15, 0.2) is 11.6 Å². The van der Waals surface area contributed by atoms with Crippen LogP contribution >= 0.6 is 0 Å². The van der Waals surface area contributed by atoms with Crippen LogP contribution < -0.4 is 14.2 Å². The minimum atomic E-state index is -0.950. The number of ether oxygens (including phenoxy) is 3. The van der Waals surface area contributed by atoms with Gasteiger partial charge in [0.25, 0.3) is 0 Å². The molecule has 0 N–H and O–H groups in total. The molecule has 4 rings (SSSR count). The zero-order valence-corrected chi connectivity index (χ0v) is 20.9. The molecule has 4 aromatic carbocycles. The number of hydrogen-bond donors (Lipinski definition) is 0. The normalized spacial score (nSPS) is 10.8. The van der Waals surface area contributed by atoms with Crippen molar-refractivity contribution >= 4 is 0 Å². The number of benzene rings is 4. The average Bonchev–Trinajstić information content (AvgIpc) is 2.91. The van der Waals surface area contributed by atoms with Gasteiger partial charge in [-0.1, -0.05) is 49.7 Å². The van der Waals surface area contributed by atoms with E-state index in [-0.39, 0.29) is 17.7 Å². The summed E-state index contributed by atoms with van der Waals surface area (Å²) in [5.74, 6) is -0.652. The molecule has 6 heteroatoms. The second-order valence-corrected chi connectivity index (χ2v) is 8.51. The fourth-order valence-corrected chi connectivity index (χ4v) is 3.87. The second-order valence-electron chi connectivity index (χ2n) is 8.51. The monoisotopic (exact) mass is 506 g/mol. The van der Waals surface area contributed by atoms with E-state index in [0.717, 1.165) is 12.8 Å². The Labute approximate surface area is 215 Å². The van der Waals surface area contributed by atoms with Gasteiger partial charge in [-0.25, -0.2) is 13.2 Å². The lowest BCUT2D eigenvalue weighted by atomic mass is 10.0. The first kappa shape index (κ1) is 26.1. The largest absolute Gasteiger partial charge is 0.494 e. The smallest absolute Gasteiger partial charge is 0.167 e. The van der Waals surface area contributed by atoms with Crippen molar-refractivity contribution in [3.05, 3.63) is 102 Å². The zero-order chi connectivity index (χ0) is 26.2. The second kappa shape index (κ2) is 12.3. The molecule has 0 radical (unpaired) electrons. The van der Waals surface area contributed by atoms with Gasteiger partial charge in [0.2, 0.25) is 0 Å². The van der Waals surface area contributed by atoms with Crippen LogP contribution in [0.2, 0.25) is 0 Å². The summed E-state index contributed by atoms with van der Waals surface area (Å²) in [5.41, 5.74) is 1.92. The number of rotatable bonds is 11. The van der Waals surface area contributed by atoms with Crippen LogP contribution in [0, 0.1) is 17.5 Å². The maximum absolute atomic E-state index is 14.9. The van der Waals surface area contributed by atoms with Crippen LogP contribution in [0.1, 0.15) is 32.3 Å². The summed E-state index contributed by atoms with van der Waals surface area (Å²) in [5, 5.41) is 0. The zero-order valence-electron chi connectivity index (χ0n) is 20.9. The van der Waals surface area contributed by atoms with Crippen molar-refractivity contribution < 1.29 is 27.4 Å². The number of hydrogen-bond acceptors (Lipinski definition) is 3. The third-order valence-corrected chi connectivity index (χ3v) is 5.91. The van der Waals surface area contributed by atoms with Crippen molar-refractivity contribution in [2.75, 3.05) is 13.2 Å². The first-order chi connectivity index (χ1) is 18.0. The van der Waals surface area contributed by atoms with Crippen LogP contribution in [0.25, 0.3) is 22.3 Å². The average molecular weight is 507 g/mol. The Morgan fingerprint density at radius 3 is 1.81 bits per heavy atom. The molecule has 37 heavy (non-hydrogen) atoms. The fraction of sp³-hybridized carbons (Fsp3) is 0.226. The molecule has 0 unspecified atom stereocenters. The lowest BCUT2D eigenvalue weighted by Gasteiger charge is -2.12. The Balaban J connectivity index is 1.41. The lowest BCUT2D eigenvalue weighted by Crippen LogP contribution is -2.02. The third kappa shape index (κ3) is 6.45. The molecule has 0 aliphatic carbocycles. The van der Waals surface area contributed by atoms with Gasteiger partial charge < -0.3 is 14.2 Å². The predicted octanol–water partition coefficient (Wildman–Crippen LogP) is 8.59. The topological polar surface area (TPSA) is 27.7 Å². The molecule has 4 aromatic rings. The Hall–Kier alpha value is -3.93. The quantitative estimate of drug-likeness (QED) is 0.191. The highest BCUT2D eigenvalue weighted by Gasteiger charge is 2.16. The molecule has 0 spiro atoms. The molecule has 0 heterocycles. The van der Waals surface area contributed by atoms with Crippen LogP contribution in [-0.4, -0.2) is 13.2 Å². The van der Waals surface area contributed by atoms with Gasteiger partial charge in [-0.2, -0.15) is 0 Å². The van der Waals surface area contributed by atoms with Crippen molar-refractivity contribution in [1.29, 1.82) is 0 Å². The highest BCUT2D eigenvalue weighted by atomic mass is 19.2. The van der Waals surface area contributed by atoms with Crippen LogP contribution in [0.3, 0.4) is 0 Å². The highest BCUT2D eigenvalue weighted by Crippen LogP contribution is 2.30. The van der Waals surface area contributed by atoms with Crippen molar-refractivity contribution in [1.82, 2.24) is 0 Å². The maximum Gasteiger partial charge on any atom is 0.167 e. The first-order valence-corrected chi connectivity index (χ1v) is 12.4. The molecule has 0 aliphatic heterocycles. The van der Waals surface area contributed by atoms with E-state index in [1.165, 1.54) is 12.1 Å². The molecular formula is C31H29F3O3. The van der Waals surface area contributed by atoms with E-state index in [0.29, 0.717) is 47.2 Å². The Morgan fingerprint density at radius 1 is 0.595 bits per heavy atom. The summed E-state index contributed by atoms with van der Waals surface area (Å²) >= 11 is 0. The predicted molar refractivity (Wildman–Crippen MR) is 140 cm³/mol. The SMILES string of the molecule is CCCCOc1ccc(-c2ccc(COc3ccc(-c4ccc(OCC)cc4F)cc3)c(F)c2F)cc1. The first-order valence-electron chi connectivity index (χ1n) is 12.4. The molecule has 192 valence electrons. The molecule has 0 aromatic heterocycles. The highest BCUT2D eigenvalue weighted by molar-refractivity contribution is 5.66. The molecule has 0 bridgehead atoms. The van der Waals surface area contributed by atoms with E-state index < -0.39 is 17.5 Å². The van der Waals surface area contributed by atoms with E-state index in [4.69, 9.17) is 14.2 Å². The van der Waals surface area contributed by atoms with Crippen LogP contribution in [-0.2, 0) is 6.61 Å². The lowest BCUT2D eigenvalue weighted by molar-refractivity contribution is 0.297. The van der Waals surface area contributed by atoms with Gasteiger partial charge in [-0.05, 0) is 60.9 Å². The molecule has 0 aliphatic rings. The molecular weight excluding hydrogens is 477 g/mol. The Morgan fingerprint density at radius 2 is 1.19 bits per heavy atom. The van der Waals surface area contributed by atoms with Crippen LogP contribution in [0.4, 0.5) is 13.2 Å². The van der Waals surface area contributed by atoms with Gasteiger partial charge in [0, 0.05) is 22.8 Å². The summed E-state index contributed by atoms with van der Waals surface area (Å²) < 4.78 is 60.8. The summed E-state index contributed by atoms with van der Waals surface area (Å²) in [4.78, 5) is 0. The van der Waals surface area contributed by atoms with Crippen molar-refractivity contribution in [3.8, 4) is 39.5 Å². The summed E-state index contributed by atoms with van der Waals surface area (Å²) in [6.07, 6.45) is 1.99. The Bertz CT molecular complexity index is 1320. The van der Waals surface area contributed by atoms with E-state index in [9.17, 15) is 13.2 Å². The van der Waals surface area contributed by atoms with Crippen LogP contribution in [0.5, 0.6) is 17.2 Å². The molecule has 0 saturated heterocycles. The molecule has 3 nitrogen and oxygen atoms in total. The van der Waals surface area contributed by atoms with Crippen molar-refractivity contribution in [2.45, 2.75) is 33.3 Å². The van der Waals surface area contributed by atoms with E-state index in [1.807, 2.05) is 6.92 Å². The summed E-state index contributed by atoms with van der Waals surface area (Å²) in [7, 11) is 0. The number of halogens is 3. The van der Waals surface area contributed by atoms with Gasteiger partial charge in [0.05, 0.1) is 13.2 Å². The maximum atomic E-state index is 14.9. The van der Waals surface area contributed by atoms with Gasteiger partial charge >= 0.3 is 0 Å². The molecule has 0 atom stereocenters. The van der Waals surface area contributed by atoms with Gasteiger partial charge in [0.1, 0.15) is 29.7 Å². The van der Waals surface area contributed by atoms with E-state index in [1.54, 1.807) is 66.7 Å². The molecule has 0 fully saturated rings. The van der Waals surface area contributed by atoms with Gasteiger partial charge in [-0.15, -0.1) is 0 Å². The Kier molecular flexibility index (Phi) is 8.72. The number of unbranched alkanes of at least 4 members (excludes halogenated alkanes) is 1. The summed E-state index contributed by atoms with van der Waals surface area (Å²) in [6.45, 7) is 4.85. The van der Waals surface area contributed by atoms with Gasteiger partial charge in [-0.3, -0.25) is 0 Å². The third-order valence-electron chi connectivity index (χ3n) is 5.91.